The van der Waals surface area contributed by atoms with Crippen molar-refractivity contribution in [3.63, 3.8) is 0 Å². The molecule has 4 aromatic rings. The van der Waals surface area contributed by atoms with Crippen LogP contribution in [0.4, 0.5) is 0 Å². The molecule has 0 saturated heterocycles. The largest absolute Gasteiger partial charge is 0.477 e. The summed E-state index contributed by atoms with van der Waals surface area (Å²) in [6.07, 6.45) is 3.42. The first-order chi connectivity index (χ1) is 11.7. The molecule has 0 aliphatic carbocycles. The zero-order chi connectivity index (χ0) is 16.5. The van der Waals surface area contributed by atoms with Crippen molar-refractivity contribution < 1.29 is 14.3 Å². The first-order valence-electron chi connectivity index (χ1n) is 7.25. The number of carbonyl (C=O) groups is 1. The Kier molecular flexibility index (Phi) is 3.59. The fourth-order valence-electron chi connectivity index (χ4n) is 2.48. The molecule has 0 saturated carbocycles. The van der Waals surface area contributed by atoms with E-state index in [2.05, 4.69) is 9.97 Å². The highest BCUT2D eigenvalue weighted by atomic mass is 32.2. The maximum absolute atomic E-state index is 11.6. The number of H-pyrrole nitrogens is 1. The molecule has 118 valence electrons. The van der Waals surface area contributed by atoms with E-state index in [0.717, 1.165) is 28.2 Å². The quantitative estimate of drug-likeness (QED) is 0.423. The summed E-state index contributed by atoms with van der Waals surface area (Å²) < 4.78 is 5.60. The molecule has 0 fully saturated rings. The molecule has 0 bridgehead atoms. The standard InChI is InChI=1S/C18H12N2O3S/c21-17(22)16(9-11-10-19-13-6-2-1-5-12(11)13)24-18-20-14-7-3-4-8-15(14)23-18/h1-10,19H,(H,21,22)/b16-9-. The molecule has 5 nitrogen and oxygen atoms in total. The van der Waals surface area contributed by atoms with Crippen molar-refractivity contribution >= 4 is 45.8 Å². The van der Waals surface area contributed by atoms with Crippen LogP contribution < -0.4 is 0 Å². The maximum Gasteiger partial charge on any atom is 0.342 e. The predicted octanol–water partition coefficient (Wildman–Crippen LogP) is 4.53. The van der Waals surface area contributed by atoms with E-state index in [-0.39, 0.29) is 4.91 Å². The van der Waals surface area contributed by atoms with Gasteiger partial charge in [-0.3, -0.25) is 0 Å². The number of para-hydroxylation sites is 3. The Morgan fingerprint density at radius 3 is 2.79 bits per heavy atom. The van der Waals surface area contributed by atoms with Crippen LogP contribution in [0.15, 0.2) is 69.3 Å². The van der Waals surface area contributed by atoms with Crippen molar-refractivity contribution in [1.29, 1.82) is 0 Å². The minimum atomic E-state index is -1.02. The van der Waals surface area contributed by atoms with Gasteiger partial charge in [-0.05, 0) is 36.0 Å². The topological polar surface area (TPSA) is 79.1 Å². The molecule has 0 aliphatic rings. The molecule has 0 radical (unpaired) electrons. The molecule has 0 amide bonds. The van der Waals surface area contributed by atoms with Crippen LogP contribution in [0.3, 0.4) is 0 Å². The predicted molar refractivity (Wildman–Crippen MR) is 93.8 cm³/mol. The third kappa shape index (κ3) is 2.68. The molecule has 0 atom stereocenters. The van der Waals surface area contributed by atoms with E-state index in [9.17, 15) is 9.90 Å². The molecule has 0 unspecified atom stereocenters. The number of aliphatic carboxylic acids is 1. The lowest BCUT2D eigenvalue weighted by Gasteiger charge is -1.98. The lowest BCUT2D eigenvalue weighted by Crippen LogP contribution is -1.96. The number of aromatic amines is 1. The number of thioether (sulfide) groups is 1. The fraction of sp³-hybridized carbons (Fsp3) is 0. The third-order valence-electron chi connectivity index (χ3n) is 3.59. The van der Waals surface area contributed by atoms with E-state index in [1.807, 2.05) is 42.5 Å². The molecule has 2 N–H and O–H groups in total. The Hall–Kier alpha value is -2.99. The van der Waals surface area contributed by atoms with Gasteiger partial charge in [-0.15, -0.1) is 0 Å². The summed E-state index contributed by atoms with van der Waals surface area (Å²) in [5, 5.41) is 10.8. The monoisotopic (exact) mass is 336 g/mol. The molecule has 2 aromatic carbocycles. The summed E-state index contributed by atoms with van der Waals surface area (Å²) in [4.78, 5) is 19.2. The summed E-state index contributed by atoms with van der Waals surface area (Å²) in [6, 6.07) is 15.1. The van der Waals surface area contributed by atoms with Gasteiger partial charge in [0.1, 0.15) is 10.4 Å². The van der Waals surface area contributed by atoms with Crippen molar-refractivity contribution in [1.82, 2.24) is 9.97 Å². The normalized spacial score (nSPS) is 12.1. The Balaban J connectivity index is 1.72. The second-order valence-corrected chi connectivity index (χ2v) is 6.15. The van der Waals surface area contributed by atoms with Crippen LogP contribution in [0.1, 0.15) is 5.56 Å². The van der Waals surface area contributed by atoms with Crippen molar-refractivity contribution in [3.05, 3.63) is 65.2 Å². The summed E-state index contributed by atoms with van der Waals surface area (Å²) in [5.41, 5.74) is 3.11. The number of rotatable bonds is 4. The molecular formula is C18H12N2O3S. The van der Waals surface area contributed by atoms with E-state index in [1.54, 1.807) is 18.3 Å². The van der Waals surface area contributed by atoms with Gasteiger partial charge in [-0.1, -0.05) is 30.3 Å². The van der Waals surface area contributed by atoms with Gasteiger partial charge in [-0.2, -0.15) is 0 Å². The van der Waals surface area contributed by atoms with E-state index < -0.39 is 5.97 Å². The molecule has 2 heterocycles. The molecule has 4 rings (SSSR count). The molecule has 24 heavy (non-hydrogen) atoms. The molecule has 2 aromatic heterocycles. The Labute approximate surface area is 141 Å². The van der Waals surface area contributed by atoms with Gasteiger partial charge in [0, 0.05) is 22.7 Å². The number of benzene rings is 2. The number of carboxylic acid groups (broad SMARTS) is 1. The summed E-state index contributed by atoms with van der Waals surface area (Å²) in [5.74, 6) is -1.02. The van der Waals surface area contributed by atoms with Crippen molar-refractivity contribution in [2.45, 2.75) is 5.22 Å². The van der Waals surface area contributed by atoms with Crippen LogP contribution in [0.2, 0.25) is 0 Å². The van der Waals surface area contributed by atoms with Crippen LogP contribution in [0, 0.1) is 0 Å². The van der Waals surface area contributed by atoms with Crippen molar-refractivity contribution in [2.75, 3.05) is 0 Å². The first-order valence-corrected chi connectivity index (χ1v) is 8.07. The van der Waals surface area contributed by atoms with Gasteiger partial charge in [0.05, 0.1) is 0 Å². The number of carboxylic acids is 1. The number of hydrogen-bond acceptors (Lipinski definition) is 4. The second kappa shape index (κ2) is 5.90. The van der Waals surface area contributed by atoms with Crippen LogP contribution in [0.25, 0.3) is 28.1 Å². The zero-order valence-electron chi connectivity index (χ0n) is 12.4. The highest BCUT2D eigenvalue weighted by molar-refractivity contribution is 8.03. The number of nitrogens with one attached hydrogen (secondary N) is 1. The SMILES string of the molecule is O=C(O)/C(=C/c1c[nH]c2ccccc12)Sc1nc2ccccc2o1. The number of oxazole rings is 1. The third-order valence-corrected chi connectivity index (χ3v) is 4.45. The summed E-state index contributed by atoms with van der Waals surface area (Å²) in [6.45, 7) is 0. The van der Waals surface area contributed by atoms with Crippen LogP contribution >= 0.6 is 11.8 Å². The highest BCUT2D eigenvalue weighted by Crippen LogP contribution is 2.31. The fourth-order valence-corrected chi connectivity index (χ4v) is 3.22. The van der Waals surface area contributed by atoms with Gasteiger partial charge in [0.2, 0.25) is 0 Å². The van der Waals surface area contributed by atoms with Gasteiger partial charge < -0.3 is 14.5 Å². The van der Waals surface area contributed by atoms with Gasteiger partial charge >= 0.3 is 5.97 Å². The van der Waals surface area contributed by atoms with Crippen LogP contribution in [-0.2, 0) is 4.79 Å². The lowest BCUT2D eigenvalue weighted by molar-refractivity contribution is -0.131. The molecular weight excluding hydrogens is 324 g/mol. The van der Waals surface area contributed by atoms with Crippen LogP contribution in [-0.4, -0.2) is 21.0 Å². The smallest absolute Gasteiger partial charge is 0.342 e. The van der Waals surface area contributed by atoms with E-state index in [0.29, 0.717) is 16.3 Å². The van der Waals surface area contributed by atoms with Gasteiger partial charge in [0.25, 0.3) is 5.22 Å². The zero-order valence-corrected chi connectivity index (χ0v) is 13.2. The van der Waals surface area contributed by atoms with Gasteiger partial charge in [0.15, 0.2) is 5.58 Å². The molecule has 0 aliphatic heterocycles. The Morgan fingerprint density at radius 2 is 1.96 bits per heavy atom. The van der Waals surface area contributed by atoms with Crippen molar-refractivity contribution in [2.24, 2.45) is 0 Å². The minimum Gasteiger partial charge on any atom is -0.477 e. The molecule has 0 spiro atoms. The Bertz CT molecular complexity index is 1040. The lowest BCUT2D eigenvalue weighted by atomic mass is 10.1. The number of aromatic nitrogens is 2. The van der Waals surface area contributed by atoms with Gasteiger partial charge in [-0.25, -0.2) is 9.78 Å². The van der Waals surface area contributed by atoms with Crippen LogP contribution in [0.5, 0.6) is 0 Å². The van der Waals surface area contributed by atoms with Crippen molar-refractivity contribution in [3.8, 4) is 0 Å². The summed E-state index contributed by atoms with van der Waals surface area (Å²) in [7, 11) is 0. The van der Waals surface area contributed by atoms with E-state index in [4.69, 9.17) is 4.42 Å². The maximum atomic E-state index is 11.6. The number of nitrogens with zero attached hydrogens (tertiary/aromatic N) is 1. The minimum absolute atomic E-state index is 0.145. The highest BCUT2D eigenvalue weighted by Gasteiger charge is 2.15. The van der Waals surface area contributed by atoms with E-state index >= 15 is 0 Å². The average Bonchev–Trinajstić information content (AvgIpc) is 3.18. The van der Waals surface area contributed by atoms with E-state index in [1.165, 1.54) is 0 Å². The molecule has 6 heteroatoms. The first kappa shape index (κ1) is 14.6. The second-order valence-electron chi connectivity index (χ2n) is 5.15. The Morgan fingerprint density at radius 1 is 1.17 bits per heavy atom. The number of hydrogen-bond donors (Lipinski definition) is 2. The summed E-state index contributed by atoms with van der Waals surface area (Å²) >= 11 is 0.999. The average molecular weight is 336 g/mol. The number of fused-ring (bicyclic) bond motifs is 2.